The fourth-order valence-electron chi connectivity index (χ4n) is 1.79. The van der Waals surface area contributed by atoms with Gasteiger partial charge in [0.05, 0.1) is 10.0 Å². The van der Waals surface area contributed by atoms with Gasteiger partial charge in [0.2, 0.25) is 0 Å². The lowest BCUT2D eigenvalue weighted by Gasteiger charge is -2.12. The van der Waals surface area contributed by atoms with Gasteiger partial charge in [0.1, 0.15) is 5.75 Å². The maximum atomic E-state index is 12.1. The zero-order valence-electron chi connectivity index (χ0n) is 11.5. The molecule has 1 amide bonds. The molecule has 4 nitrogen and oxygen atoms in total. The van der Waals surface area contributed by atoms with Crippen molar-refractivity contribution in [2.24, 2.45) is 0 Å². The lowest BCUT2D eigenvalue weighted by Crippen LogP contribution is -2.34. The maximum Gasteiger partial charge on any atom is 0.258 e. The van der Waals surface area contributed by atoms with Crippen molar-refractivity contribution in [2.75, 3.05) is 5.32 Å². The Bertz CT molecular complexity index is 727. The first-order chi connectivity index (χ1) is 10.4. The van der Waals surface area contributed by atoms with E-state index in [1.54, 1.807) is 37.3 Å². The van der Waals surface area contributed by atoms with Crippen molar-refractivity contribution in [2.45, 2.75) is 6.92 Å². The molecule has 0 spiro atoms. The predicted octanol–water partition coefficient (Wildman–Crippen LogP) is 4.35. The molecular formula is C15H12Br2N2O2S. The summed E-state index contributed by atoms with van der Waals surface area (Å²) in [5.74, 6) is -0.131. The van der Waals surface area contributed by atoms with Gasteiger partial charge in [-0.2, -0.15) is 0 Å². The number of phenolic OH excluding ortho intramolecular Hbond substituents is 1. The molecule has 0 saturated heterocycles. The van der Waals surface area contributed by atoms with E-state index in [2.05, 4.69) is 42.5 Å². The molecule has 2 aromatic carbocycles. The standard InChI is InChI=1S/C15H12Br2N2O2S/c1-8-6-9(7-12(17)13(8)20)18-15(22)19-14(21)10-4-2-3-5-11(10)16/h2-7,20H,1H3,(H2,18,19,21,22). The fraction of sp³-hybridized carbons (Fsp3) is 0.0667. The van der Waals surface area contributed by atoms with Crippen molar-refractivity contribution in [3.63, 3.8) is 0 Å². The van der Waals surface area contributed by atoms with Gasteiger partial charge in [-0.1, -0.05) is 12.1 Å². The number of carbonyl (C=O) groups excluding carboxylic acids is 1. The number of benzene rings is 2. The second-order valence-corrected chi connectivity index (χ2v) is 6.63. The minimum Gasteiger partial charge on any atom is -0.506 e. The normalized spacial score (nSPS) is 10.1. The molecule has 2 rings (SSSR count). The number of carbonyl (C=O) groups is 1. The van der Waals surface area contributed by atoms with E-state index in [9.17, 15) is 9.90 Å². The number of halogens is 2. The Morgan fingerprint density at radius 2 is 1.86 bits per heavy atom. The van der Waals surface area contributed by atoms with Crippen LogP contribution in [-0.2, 0) is 0 Å². The second-order valence-electron chi connectivity index (χ2n) is 4.51. The summed E-state index contributed by atoms with van der Waals surface area (Å²) in [7, 11) is 0. The van der Waals surface area contributed by atoms with E-state index in [0.717, 1.165) is 0 Å². The Morgan fingerprint density at radius 1 is 1.18 bits per heavy atom. The van der Waals surface area contributed by atoms with Gasteiger partial charge >= 0.3 is 0 Å². The highest BCUT2D eigenvalue weighted by atomic mass is 79.9. The largest absolute Gasteiger partial charge is 0.506 e. The molecule has 0 unspecified atom stereocenters. The Balaban J connectivity index is 2.08. The van der Waals surface area contributed by atoms with Crippen molar-refractivity contribution in [1.82, 2.24) is 5.32 Å². The number of amides is 1. The van der Waals surface area contributed by atoms with Crippen molar-refractivity contribution in [3.8, 4) is 5.75 Å². The van der Waals surface area contributed by atoms with Gasteiger partial charge in [-0.25, -0.2) is 0 Å². The average molecular weight is 444 g/mol. The molecule has 7 heteroatoms. The van der Waals surface area contributed by atoms with E-state index in [-0.39, 0.29) is 16.8 Å². The molecule has 0 heterocycles. The zero-order valence-corrected chi connectivity index (χ0v) is 15.5. The van der Waals surface area contributed by atoms with Crippen molar-refractivity contribution in [1.29, 1.82) is 0 Å². The van der Waals surface area contributed by atoms with Crippen LogP contribution in [0.4, 0.5) is 5.69 Å². The Hall–Kier alpha value is -1.44. The van der Waals surface area contributed by atoms with Crippen LogP contribution in [-0.4, -0.2) is 16.1 Å². The van der Waals surface area contributed by atoms with E-state index in [0.29, 0.717) is 25.8 Å². The van der Waals surface area contributed by atoms with Crippen LogP contribution in [0.2, 0.25) is 0 Å². The predicted molar refractivity (Wildman–Crippen MR) is 98.4 cm³/mol. The quantitative estimate of drug-likeness (QED) is 0.476. The van der Waals surface area contributed by atoms with E-state index in [1.165, 1.54) is 0 Å². The smallest absolute Gasteiger partial charge is 0.258 e. The first-order valence-corrected chi connectivity index (χ1v) is 8.24. The van der Waals surface area contributed by atoms with Gasteiger partial charge < -0.3 is 10.4 Å². The average Bonchev–Trinajstić information content (AvgIpc) is 2.44. The first kappa shape index (κ1) is 16.9. The van der Waals surface area contributed by atoms with Gasteiger partial charge in [-0.15, -0.1) is 0 Å². The highest BCUT2D eigenvalue weighted by molar-refractivity contribution is 9.10. The highest BCUT2D eigenvalue weighted by Crippen LogP contribution is 2.30. The Morgan fingerprint density at radius 3 is 2.50 bits per heavy atom. The molecule has 2 aromatic rings. The summed E-state index contributed by atoms with van der Waals surface area (Å²) in [6.45, 7) is 1.77. The number of aromatic hydroxyl groups is 1. The number of hydrogen-bond donors (Lipinski definition) is 3. The van der Waals surface area contributed by atoms with E-state index in [1.807, 2.05) is 6.07 Å². The molecular weight excluding hydrogens is 432 g/mol. The van der Waals surface area contributed by atoms with E-state index in [4.69, 9.17) is 12.2 Å². The van der Waals surface area contributed by atoms with Crippen LogP contribution in [0.1, 0.15) is 15.9 Å². The monoisotopic (exact) mass is 442 g/mol. The van der Waals surface area contributed by atoms with E-state index < -0.39 is 0 Å². The number of phenols is 1. The minimum absolute atomic E-state index is 0.175. The van der Waals surface area contributed by atoms with E-state index >= 15 is 0 Å². The van der Waals surface area contributed by atoms with Crippen LogP contribution >= 0.6 is 44.1 Å². The third-order valence-electron chi connectivity index (χ3n) is 2.86. The third-order valence-corrected chi connectivity index (χ3v) is 4.36. The number of anilines is 1. The van der Waals surface area contributed by atoms with Gasteiger partial charge in [0.15, 0.2) is 5.11 Å². The molecule has 0 aromatic heterocycles. The molecule has 0 aliphatic rings. The van der Waals surface area contributed by atoms with Crippen LogP contribution in [0.15, 0.2) is 45.3 Å². The minimum atomic E-state index is -0.306. The number of nitrogens with one attached hydrogen (secondary N) is 2. The topological polar surface area (TPSA) is 61.4 Å². The summed E-state index contributed by atoms with van der Waals surface area (Å²) in [6, 6.07) is 10.5. The fourth-order valence-corrected chi connectivity index (χ4v) is 3.02. The summed E-state index contributed by atoms with van der Waals surface area (Å²) in [5.41, 5.74) is 1.85. The third kappa shape index (κ3) is 4.06. The SMILES string of the molecule is Cc1cc(NC(=S)NC(=O)c2ccccc2Br)cc(Br)c1O. The van der Waals surface area contributed by atoms with Crippen molar-refractivity contribution in [3.05, 3.63) is 56.5 Å². The molecule has 0 aliphatic heterocycles. The first-order valence-electron chi connectivity index (χ1n) is 6.24. The van der Waals surface area contributed by atoms with Crippen LogP contribution in [0.3, 0.4) is 0 Å². The molecule has 3 N–H and O–H groups in total. The Labute approximate surface area is 150 Å². The lowest BCUT2D eigenvalue weighted by molar-refractivity contribution is 0.0977. The second kappa shape index (κ2) is 7.21. The number of thiocarbonyl (C=S) groups is 1. The maximum absolute atomic E-state index is 12.1. The number of hydrogen-bond acceptors (Lipinski definition) is 3. The van der Waals surface area contributed by atoms with Crippen LogP contribution in [0.5, 0.6) is 5.75 Å². The molecule has 0 radical (unpaired) electrons. The summed E-state index contributed by atoms with van der Waals surface area (Å²) in [4.78, 5) is 12.1. The summed E-state index contributed by atoms with van der Waals surface area (Å²) < 4.78 is 1.24. The molecule has 22 heavy (non-hydrogen) atoms. The van der Waals surface area contributed by atoms with Crippen LogP contribution < -0.4 is 10.6 Å². The zero-order chi connectivity index (χ0) is 16.3. The summed E-state index contributed by atoms with van der Waals surface area (Å²) in [6.07, 6.45) is 0. The van der Waals surface area contributed by atoms with Gasteiger partial charge in [0, 0.05) is 10.2 Å². The van der Waals surface area contributed by atoms with Crippen LogP contribution in [0, 0.1) is 6.92 Å². The lowest BCUT2D eigenvalue weighted by atomic mass is 10.2. The Kier molecular flexibility index (Phi) is 5.55. The molecule has 0 fully saturated rings. The molecule has 0 bridgehead atoms. The summed E-state index contributed by atoms with van der Waals surface area (Å²) >= 11 is 11.7. The van der Waals surface area contributed by atoms with Crippen molar-refractivity contribution >= 4 is 60.8 Å². The van der Waals surface area contributed by atoms with Gasteiger partial charge in [0.25, 0.3) is 5.91 Å². The molecule has 0 aliphatic carbocycles. The van der Waals surface area contributed by atoms with Gasteiger partial charge in [-0.05, 0) is 80.8 Å². The molecule has 114 valence electrons. The molecule has 0 atom stereocenters. The van der Waals surface area contributed by atoms with Gasteiger partial charge in [-0.3, -0.25) is 10.1 Å². The van der Waals surface area contributed by atoms with Crippen LogP contribution in [0.25, 0.3) is 0 Å². The molecule has 0 saturated carbocycles. The number of rotatable bonds is 2. The number of aryl methyl sites for hydroxylation is 1. The highest BCUT2D eigenvalue weighted by Gasteiger charge is 2.12. The van der Waals surface area contributed by atoms with Crippen molar-refractivity contribution < 1.29 is 9.90 Å². The summed E-state index contributed by atoms with van der Waals surface area (Å²) in [5, 5.41) is 15.4.